The van der Waals surface area contributed by atoms with Crippen molar-refractivity contribution in [2.75, 3.05) is 13.2 Å². The molecular formula is C35H46Cl3N5O7. The number of aryl methyl sites for hydroxylation is 1. The van der Waals surface area contributed by atoms with Crippen LogP contribution in [0.3, 0.4) is 0 Å². The van der Waals surface area contributed by atoms with Crippen LogP contribution in [0.2, 0.25) is 0 Å². The molecule has 1 aliphatic rings. The molecule has 1 aromatic heterocycles. The molecule has 1 unspecified atom stereocenters. The van der Waals surface area contributed by atoms with Gasteiger partial charge in [0.15, 0.2) is 0 Å². The molecule has 0 radical (unpaired) electrons. The lowest BCUT2D eigenvalue weighted by Gasteiger charge is -2.35. The van der Waals surface area contributed by atoms with E-state index >= 15 is 0 Å². The van der Waals surface area contributed by atoms with E-state index in [1.54, 1.807) is 40.7 Å². The molecule has 3 rings (SSSR count). The largest absolute Gasteiger partial charge is 0.460 e. The fraction of sp³-hybridized carbons (Fsp3) is 0.543. The maximum Gasteiger partial charge on any atom is 0.325 e. The molecule has 1 aromatic carbocycles. The van der Waals surface area contributed by atoms with Crippen molar-refractivity contribution in [3.8, 4) is 0 Å². The van der Waals surface area contributed by atoms with E-state index < -0.39 is 57.8 Å². The Hall–Kier alpha value is -3.45. The summed E-state index contributed by atoms with van der Waals surface area (Å²) in [6.07, 6.45) is 3.97. The number of nitrogens with one attached hydrogen (secondary N) is 3. The summed E-state index contributed by atoms with van der Waals surface area (Å²) >= 11 is 17.0. The van der Waals surface area contributed by atoms with Gasteiger partial charge in [0.05, 0.1) is 16.6 Å². The van der Waals surface area contributed by atoms with Crippen LogP contribution in [0.5, 0.6) is 0 Å². The number of halogens is 3. The third kappa shape index (κ3) is 11.5. The first-order valence-electron chi connectivity index (χ1n) is 16.4. The van der Waals surface area contributed by atoms with Crippen molar-refractivity contribution < 1.29 is 33.4 Å². The molecule has 3 N–H and O–H groups in total. The molecule has 1 fully saturated rings. The van der Waals surface area contributed by atoms with Crippen LogP contribution >= 0.6 is 34.8 Å². The zero-order valence-electron chi connectivity index (χ0n) is 29.6. The Morgan fingerprint density at radius 2 is 1.76 bits per heavy atom. The second kappa shape index (κ2) is 17.2. The minimum absolute atomic E-state index is 0.301. The van der Waals surface area contributed by atoms with Crippen molar-refractivity contribution in [1.29, 1.82) is 0 Å². The standard InChI is InChI=1S/C35H46Cl3N5O7/c1-19(2)28(30(45)39-21(4)31(46)43-15-9-10-26(42-43)32(47)49-18-35(36,37)38)41-33(48)34(7,8)14-13-24-11-12-25-16-20(3)29(40-27(25)17-24)22(5)50-23(6)44/h11-14,16-17,19,21-22,26,28,42H,9-10,15,18H2,1-8H3,(H,39,45)(H,41,48)/b14-13+/t21?,22-,26+,28+/m1/s1. The van der Waals surface area contributed by atoms with Crippen molar-refractivity contribution in [2.45, 2.75) is 96.3 Å². The summed E-state index contributed by atoms with van der Waals surface area (Å²) < 4.78 is 8.61. The molecule has 0 spiro atoms. The molecule has 12 nitrogen and oxygen atoms in total. The summed E-state index contributed by atoms with van der Waals surface area (Å²) in [5, 5.41) is 7.73. The highest BCUT2D eigenvalue weighted by Crippen LogP contribution is 2.27. The van der Waals surface area contributed by atoms with Gasteiger partial charge in [-0.25, -0.2) is 10.4 Å². The number of alkyl halides is 3. The van der Waals surface area contributed by atoms with Crippen LogP contribution < -0.4 is 16.1 Å². The molecule has 4 atom stereocenters. The van der Waals surface area contributed by atoms with Gasteiger partial charge in [0, 0.05) is 18.9 Å². The Morgan fingerprint density at radius 1 is 1.08 bits per heavy atom. The molecule has 50 heavy (non-hydrogen) atoms. The van der Waals surface area contributed by atoms with Crippen LogP contribution in [0.25, 0.3) is 17.0 Å². The summed E-state index contributed by atoms with van der Waals surface area (Å²) in [4.78, 5) is 68.7. The van der Waals surface area contributed by atoms with E-state index in [1.165, 1.54) is 18.9 Å². The average molecular weight is 755 g/mol. The Balaban J connectivity index is 1.65. The number of amides is 3. The number of benzene rings is 1. The Bertz CT molecular complexity index is 1630. The number of nitrogens with zero attached hydrogens (tertiary/aromatic N) is 2. The molecule has 1 saturated heterocycles. The van der Waals surface area contributed by atoms with E-state index in [1.807, 2.05) is 37.3 Å². The first kappa shape index (κ1) is 41.0. The highest BCUT2D eigenvalue weighted by Gasteiger charge is 2.35. The number of hydrogen-bond acceptors (Lipinski definition) is 9. The van der Waals surface area contributed by atoms with E-state index in [4.69, 9.17) is 49.3 Å². The molecule has 274 valence electrons. The molecule has 2 aromatic rings. The van der Waals surface area contributed by atoms with Gasteiger partial charge in [0.25, 0.3) is 5.91 Å². The molecule has 0 bridgehead atoms. The van der Waals surface area contributed by atoms with Crippen molar-refractivity contribution in [3.05, 3.63) is 47.2 Å². The van der Waals surface area contributed by atoms with E-state index in [2.05, 4.69) is 16.1 Å². The third-order valence-corrected chi connectivity index (χ3v) is 8.48. The second-order valence-corrected chi connectivity index (χ2v) is 15.9. The van der Waals surface area contributed by atoms with Crippen LogP contribution in [-0.4, -0.2) is 74.7 Å². The van der Waals surface area contributed by atoms with Gasteiger partial charge in [-0.05, 0) is 76.6 Å². The maximum absolute atomic E-state index is 13.5. The Morgan fingerprint density at radius 3 is 2.38 bits per heavy atom. The van der Waals surface area contributed by atoms with Crippen LogP contribution in [0, 0.1) is 18.3 Å². The summed E-state index contributed by atoms with van der Waals surface area (Å²) in [6.45, 7) is 13.5. The molecule has 15 heteroatoms. The molecule has 0 aliphatic carbocycles. The van der Waals surface area contributed by atoms with Gasteiger partial charge < -0.3 is 20.1 Å². The zero-order chi connectivity index (χ0) is 37.6. The van der Waals surface area contributed by atoms with Gasteiger partial charge in [0.2, 0.25) is 15.6 Å². The lowest BCUT2D eigenvalue weighted by atomic mass is 9.89. The SMILES string of the molecule is CC(=O)O[C@H](C)c1nc2cc(/C=C/C(C)(C)C(=O)N[C@H](C(=O)NC(C)C(=O)N3CCC[C@@H](C(=O)OCC(Cl)(Cl)Cl)N3)C(C)C)ccc2cc1C. The van der Waals surface area contributed by atoms with Gasteiger partial charge in [-0.1, -0.05) is 72.9 Å². The smallest absolute Gasteiger partial charge is 0.325 e. The molecular weight excluding hydrogens is 709 g/mol. The predicted octanol–water partition coefficient (Wildman–Crippen LogP) is 5.26. The van der Waals surface area contributed by atoms with Crippen molar-refractivity contribution in [1.82, 2.24) is 26.1 Å². The van der Waals surface area contributed by atoms with Crippen LogP contribution in [0.15, 0.2) is 30.3 Å². The van der Waals surface area contributed by atoms with Crippen molar-refractivity contribution in [2.24, 2.45) is 11.3 Å². The number of esters is 2. The number of hydrazine groups is 1. The van der Waals surface area contributed by atoms with Crippen LogP contribution in [0.4, 0.5) is 0 Å². The summed E-state index contributed by atoms with van der Waals surface area (Å²) in [5.74, 6) is -2.74. The summed E-state index contributed by atoms with van der Waals surface area (Å²) in [7, 11) is 0. The number of pyridine rings is 1. The normalized spacial score (nSPS) is 17.3. The molecule has 0 saturated carbocycles. The molecule has 2 heterocycles. The lowest BCUT2D eigenvalue weighted by Crippen LogP contribution is -2.61. The van der Waals surface area contributed by atoms with Gasteiger partial charge in [-0.2, -0.15) is 0 Å². The van der Waals surface area contributed by atoms with E-state index in [0.29, 0.717) is 30.6 Å². The highest BCUT2D eigenvalue weighted by molar-refractivity contribution is 6.67. The van der Waals surface area contributed by atoms with Gasteiger partial charge in [-0.3, -0.25) is 29.0 Å². The van der Waals surface area contributed by atoms with Gasteiger partial charge in [-0.15, -0.1) is 0 Å². The lowest BCUT2D eigenvalue weighted by molar-refractivity contribution is -0.153. The molecule has 1 aliphatic heterocycles. The number of hydrogen-bond donors (Lipinski definition) is 3. The summed E-state index contributed by atoms with van der Waals surface area (Å²) in [6, 6.07) is 4.98. The fourth-order valence-corrected chi connectivity index (χ4v) is 5.50. The summed E-state index contributed by atoms with van der Waals surface area (Å²) in [5.41, 5.74) is 4.90. The Labute approximate surface area is 307 Å². The second-order valence-electron chi connectivity index (χ2n) is 13.4. The number of rotatable bonds is 12. The highest BCUT2D eigenvalue weighted by atomic mass is 35.6. The first-order valence-corrected chi connectivity index (χ1v) is 17.5. The number of carbonyl (C=O) groups is 5. The average Bonchev–Trinajstić information content (AvgIpc) is 3.03. The Kier molecular flexibility index (Phi) is 14.1. The maximum atomic E-state index is 13.5. The zero-order valence-corrected chi connectivity index (χ0v) is 31.8. The van der Waals surface area contributed by atoms with Gasteiger partial charge in [0.1, 0.15) is 30.8 Å². The minimum atomic E-state index is -1.76. The predicted molar refractivity (Wildman–Crippen MR) is 193 cm³/mol. The number of ether oxygens (including phenoxy) is 2. The quantitative estimate of drug-likeness (QED) is 0.194. The van der Waals surface area contributed by atoms with Crippen molar-refractivity contribution >= 4 is 81.4 Å². The third-order valence-electron chi connectivity index (χ3n) is 8.16. The van der Waals surface area contributed by atoms with E-state index in [9.17, 15) is 24.0 Å². The van der Waals surface area contributed by atoms with E-state index in [-0.39, 0.29) is 17.8 Å². The fourth-order valence-electron chi connectivity index (χ4n) is 5.33. The van der Waals surface area contributed by atoms with Crippen LogP contribution in [-0.2, 0) is 33.4 Å². The first-order chi connectivity index (χ1) is 23.2. The van der Waals surface area contributed by atoms with E-state index in [0.717, 1.165) is 16.5 Å². The number of aromatic nitrogens is 1. The van der Waals surface area contributed by atoms with Crippen molar-refractivity contribution in [3.63, 3.8) is 0 Å². The molecule has 3 amide bonds. The van der Waals surface area contributed by atoms with Gasteiger partial charge >= 0.3 is 11.9 Å². The van der Waals surface area contributed by atoms with Crippen LogP contribution in [0.1, 0.15) is 84.2 Å². The monoisotopic (exact) mass is 753 g/mol. The number of fused-ring (bicyclic) bond motifs is 1. The minimum Gasteiger partial charge on any atom is -0.460 e. The number of carbonyl (C=O) groups excluding carboxylic acids is 5. The topological polar surface area (TPSA) is 156 Å².